The zero-order valence-electron chi connectivity index (χ0n) is 6.54. The van der Waals surface area contributed by atoms with Crippen molar-refractivity contribution in [2.75, 3.05) is 19.6 Å². The smallest absolute Gasteiger partial charge is 0.217 e. The molecule has 0 atom stereocenters. The predicted molar refractivity (Wildman–Crippen MR) is 45.4 cm³/mol. The molecule has 0 spiro atoms. The molecule has 0 radical (unpaired) electrons. The van der Waals surface area contributed by atoms with Gasteiger partial charge in [-0.25, -0.2) is 10.8 Å². The standard InChI is InChI=1S/C6H10N6/c7-4-1-10-6-11(2-4)5(8)3-12(6)9/h7-8H,1-3,9H2. The minimum atomic E-state index is 0.395. The molecule has 1 fully saturated rings. The van der Waals surface area contributed by atoms with Crippen molar-refractivity contribution in [3.63, 3.8) is 0 Å². The lowest BCUT2D eigenvalue weighted by molar-refractivity contribution is 0.490. The van der Waals surface area contributed by atoms with Gasteiger partial charge in [0.2, 0.25) is 5.96 Å². The summed E-state index contributed by atoms with van der Waals surface area (Å²) in [4.78, 5) is 5.74. The Labute approximate surface area is 69.6 Å². The quantitative estimate of drug-likeness (QED) is 0.396. The number of aliphatic imine (C=N–C) groups is 1. The number of rotatable bonds is 0. The SMILES string of the molecule is N=C1CN=C2N(N)CC(=N)N2C1. The number of hydrazine groups is 1. The van der Waals surface area contributed by atoms with E-state index in [0.717, 1.165) is 0 Å². The molecule has 2 aliphatic rings. The summed E-state index contributed by atoms with van der Waals surface area (Å²) in [5.74, 6) is 6.61. The van der Waals surface area contributed by atoms with Gasteiger partial charge < -0.3 is 5.41 Å². The Morgan fingerprint density at radius 3 is 2.83 bits per heavy atom. The van der Waals surface area contributed by atoms with Crippen LogP contribution in [0.3, 0.4) is 0 Å². The maximum atomic E-state index is 7.52. The fourth-order valence-corrected chi connectivity index (χ4v) is 1.34. The van der Waals surface area contributed by atoms with Gasteiger partial charge in [-0.15, -0.1) is 0 Å². The maximum Gasteiger partial charge on any atom is 0.217 e. The van der Waals surface area contributed by atoms with E-state index in [0.29, 0.717) is 37.1 Å². The first-order valence-corrected chi connectivity index (χ1v) is 3.66. The first-order valence-electron chi connectivity index (χ1n) is 3.66. The van der Waals surface area contributed by atoms with Gasteiger partial charge in [-0.3, -0.25) is 15.3 Å². The molecule has 6 nitrogen and oxygen atoms in total. The molecule has 0 aromatic heterocycles. The lowest BCUT2D eigenvalue weighted by Gasteiger charge is -2.23. The fraction of sp³-hybridized carbons (Fsp3) is 0.500. The Bertz CT molecular complexity index is 280. The van der Waals surface area contributed by atoms with Gasteiger partial charge in [0.05, 0.1) is 25.3 Å². The summed E-state index contributed by atoms with van der Waals surface area (Å²) in [5, 5.41) is 16.4. The molecule has 2 rings (SSSR count). The molecule has 4 N–H and O–H groups in total. The summed E-state index contributed by atoms with van der Waals surface area (Å²) < 4.78 is 0. The van der Waals surface area contributed by atoms with Gasteiger partial charge in [0.25, 0.3) is 0 Å². The van der Waals surface area contributed by atoms with Gasteiger partial charge in [-0.2, -0.15) is 0 Å². The molecule has 6 heteroatoms. The van der Waals surface area contributed by atoms with Crippen molar-refractivity contribution in [1.82, 2.24) is 9.91 Å². The zero-order valence-corrected chi connectivity index (χ0v) is 6.54. The predicted octanol–water partition coefficient (Wildman–Crippen LogP) is -1.16. The van der Waals surface area contributed by atoms with E-state index in [1.165, 1.54) is 5.01 Å². The van der Waals surface area contributed by atoms with Gasteiger partial charge >= 0.3 is 0 Å². The number of amidine groups is 1. The molecule has 0 unspecified atom stereocenters. The number of nitrogens with one attached hydrogen (secondary N) is 2. The monoisotopic (exact) mass is 166 g/mol. The molecule has 0 amide bonds. The Balaban J connectivity index is 2.32. The zero-order chi connectivity index (χ0) is 8.72. The summed E-state index contributed by atoms with van der Waals surface area (Å²) in [5.41, 5.74) is 0.527. The van der Waals surface area contributed by atoms with Crippen LogP contribution in [0.2, 0.25) is 0 Å². The molecule has 0 saturated carbocycles. The van der Waals surface area contributed by atoms with Gasteiger partial charge in [-0.1, -0.05) is 0 Å². The molecule has 12 heavy (non-hydrogen) atoms. The maximum absolute atomic E-state index is 7.52. The summed E-state index contributed by atoms with van der Waals surface area (Å²) in [6, 6.07) is 0. The normalized spacial score (nSPS) is 22.9. The van der Waals surface area contributed by atoms with E-state index < -0.39 is 0 Å². The van der Waals surface area contributed by atoms with Gasteiger partial charge in [0.1, 0.15) is 5.84 Å². The van der Waals surface area contributed by atoms with Crippen molar-refractivity contribution >= 4 is 17.5 Å². The molecule has 64 valence electrons. The number of hydrogen-bond donors (Lipinski definition) is 3. The number of fused-ring (bicyclic) bond motifs is 1. The molecular formula is C6H10N6. The number of hydrogen-bond acceptors (Lipinski definition) is 5. The highest BCUT2D eigenvalue weighted by atomic mass is 15.6. The van der Waals surface area contributed by atoms with Crippen LogP contribution >= 0.6 is 0 Å². The summed E-state index contributed by atoms with van der Waals surface area (Å²) in [7, 11) is 0. The van der Waals surface area contributed by atoms with E-state index in [2.05, 4.69) is 4.99 Å². The lowest BCUT2D eigenvalue weighted by Crippen LogP contribution is -2.44. The minimum Gasteiger partial charge on any atom is -0.306 e. The van der Waals surface area contributed by atoms with Crippen molar-refractivity contribution < 1.29 is 0 Å². The molecule has 1 saturated heterocycles. The lowest BCUT2D eigenvalue weighted by atomic mass is 10.3. The average Bonchev–Trinajstić information content (AvgIpc) is 2.28. The van der Waals surface area contributed by atoms with E-state index in [-0.39, 0.29) is 0 Å². The second-order valence-electron chi connectivity index (χ2n) is 2.88. The third-order valence-electron chi connectivity index (χ3n) is 1.90. The summed E-state index contributed by atoms with van der Waals surface area (Å²) in [6.45, 7) is 1.27. The van der Waals surface area contributed by atoms with Crippen LogP contribution in [0.5, 0.6) is 0 Å². The number of nitrogens with two attached hydrogens (primary N) is 1. The van der Waals surface area contributed by atoms with Crippen LogP contribution < -0.4 is 5.84 Å². The van der Waals surface area contributed by atoms with E-state index >= 15 is 0 Å². The molecule has 0 aromatic carbocycles. The van der Waals surface area contributed by atoms with Crippen LogP contribution in [0, 0.1) is 10.8 Å². The van der Waals surface area contributed by atoms with Gasteiger partial charge in [0.15, 0.2) is 0 Å². The summed E-state index contributed by atoms with van der Waals surface area (Å²) >= 11 is 0. The first kappa shape index (κ1) is 7.23. The van der Waals surface area contributed by atoms with Crippen LogP contribution in [0.15, 0.2) is 4.99 Å². The Morgan fingerprint density at radius 1 is 1.33 bits per heavy atom. The fourth-order valence-electron chi connectivity index (χ4n) is 1.34. The van der Waals surface area contributed by atoms with Crippen LogP contribution in [-0.4, -0.2) is 47.0 Å². The molecule has 2 heterocycles. The molecular weight excluding hydrogens is 156 g/mol. The average molecular weight is 166 g/mol. The van der Waals surface area contributed by atoms with Gasteiger partial charge in [-0.05, 0) is 0 Å². The van der Waals surface area contributed by atoms with Crippen molar-refractivity contribution in [3.05, 3.63) is 0 Å². The van der Waals surface area contributed by atoms with Gasteiger partial charge in [0, 0.05) is 0 Å². The van der Waals surface area contributed by atoms with Crippen LogP contribution in [0.4, 0.5) is 0 Å². The van der Waals surface area contributed by atoms with Crippen molar-refractivity contribution in [1.29, 1.82) is 10.8 Å². The van der Waals surface area contributed by atoms with Crippen LogP contribution in [-0.2, 0) is 0 Å². The second kappa shape index (κ2) is 2.28. The summed E-state index contributed by atoms with van der Waals surface area (Å²) in [6.07, 6.45) is 0. The Morgan fingerprint density at radius 2 is 2.08 bits per heavy atom. The highest BCUT2D eigenvalue weighted by Gasteiger charge is 2.32. The number of guanidine groups is 1. The Kier molecular flexibility index (Phi) is 1.37. The topological polar surface area (TPSA) is 92.6 Å². The van der Waals surface area contributed by atoms with E-state index in [4.69, 9.17) is 16.7 Å². The largest absolute Gasteiger partial charge is 0.306 e. The number of nitrogens with zero attached hydrogens (tertiary/aromatic N) is 3. The highest BCUT2D eigenvalue weighted by Crippen LogP contribution is 2.10. The third kappa shape index (κ3) is 0.884. The molecule has 0 bridgehead atoms. The first-order chi connectivity index (χ1) is 5.68. The van der Waals surface area contributed by atoms with Crippen molar-refractivity contribution in [2.45, 2.75) is 0 Å². The van der Waals surface area contributed by atoms with Crippen molar-refractivity contribution in [2.24, 2.45) is 10.8 Å². The third-order valence-corrected chi connectivity index (χ3v) is 1.90. The van der Waals surface area contributed by atoms with Crippen molar-refractivity contribution in [3.8, 4) is 0 Å². The molecule has 2 aliphatic heterocycles. The van der Waals surface area contributed by atoms with E-state index in [1.807, 2.05) is 0 Å². The molecule has 0 aliphatic carbocycles. The van der Waals surface area contributed by atoms with Crippen LogP contribution in [0.1, 0.15) is 0 Å². The Hall–Kier alpha value is -1.43. The van der Waals surface area contributed by atoms with E-state index in [1.54, 1.807) is 4.90 Å². The van der Waals surface area contributed by atoms with E-state index in [9.17, 15) is 0 Å². The molecule has 0 aromatic rings. The van der Waals surface area contributed by atoms with Crippen LogP contribution in [0.25, 0.3) is 0 Å². The second-order valence-corrected chi connectivity index (χ2v) is 2.88. The highest BCUT2D eigenvalue weighted by molar-refractivity contribution is 6.10. The minimum absolute atomic E-state index is 0.395.